The number of rotatable bonds is 1. The topological polar surface area (TPSA) is 38.3 Å². The SMILES string of the molecule is O=P1(C2NCCO2)CC=CC1. The number of nitrogens with one attached hydrogen (secondary N) is 1. The summed E-state index contributed by atoms with van der Waals surface area (Å²) < 4.78 is 17.3. The Bertz CT molecular complexity index is 208. The van der Waals surface area contributed by atoms with E-state index in [9.17, 15) is 4.57 Å². The summed E-state index contributed by atoms with van der Waals surface area (Å²) in [6.45, 7) is 1.54. The number of ether oxygens (including phenoxy) is 1. The van der Waals surface area contributed by atoms with Gasteiger partial charge in [0.2, 0.25) is 0 Å². The van der Waals surface area contributed by atoms with Crippen LogP contribution >= 0.6 is 7.14 Å². The summed E-state index contributed by atoms with van der Waals surface area (Å²) in [4.78, 5) is 0. The molecule has 1 N–H and O–H groups in total. The van der Waals surface area contributed by atoms with E-state index in [0.29, 0.717) is 18.9 Å². The molecule has 62 valence electrons. The van der Waals surface area contributed by atoms with Gasteiger partial charge in [-0.3, -0.25) is 5.32 Å². The fourth-order valence-corrected chi connectivity index (χ4v) is 3.87. The summed E-state index contributed by atoms with van der Waals surface area (Å²) in [5, 5.41) is 3.11. The second kappa shape index (κ2) is 2.74. The lowest BCUT2D eigenvalue weighted by Crippen LogP contribution is -2.23. The molecular weight excluding hydrogens is 161 g/mol. The highest BCUT2D eigenvalue weighted by Crippen LogP contribution is 2.53. The van der Waals surface area contributed by atoms with E-state index in [1.54, 1.807) is 0 Å². The number of allylic oxidation sites excluding steroid dienone is 2. The van der Waals surface area contributed by atoms with Gasteiger partial charge in [0.05, 0.1) is 6.61 Å². The molecule has 3 nitrogen and oxygen atoms in total. The molecule has 0 saturated carbocycles. The molecule has 11 heavy (non-hydrogen) atoms. The Morgan fingerprint density at radius 1 is 1.45 bits per heavy atom. The van der Waals surface area contributed by atoms with Gasteiger partial charge in [0.15, 0.2) is 5.97 Å². The van der Waals surface area contributed by atoms with Crippen molar-refractivity contribution in [3.05, 3.63) is 12.2 Å². The van der Waals surface area contributed by atoms with Crippen LogP contribution in [0, 0.1) is 0 Å². The van der Waals surface area contributed by atoms with E-state index >= 15 is 0 Å². The molecule has 0 aliphatic carbocycles. The Morgan fingerprint density at radius 3 is 2.73 bits per heavy atom. The first-order valence-corrected chi connectivity index (χ1v) is 6.04. The Labute approximate surface area is 66.2 Å². The summed E-state index contributed by atoms with van der Waals surface area (Å²) in [6.07, 6.45) is 5.41. The van der Waals surface area contributed by atoms with Crippen LogP contribution in [0.5, 0.6) is 0 Å². The van der Waals surface area contributed by atoms with E-state index in [0.717, 1.165) is 6.54 Å². The Morgan fingerprint density at radius 2 is 2.18 bits per heavy atom. The highest BCUT2D eigenvalue weighted by atomic mass is 31.2. The van der Waals surface area contributed by atoms with Crippen LogP contribution in [0.25, 0.3) is 0 Å². The molecule has 2 aliphatic heterocycles. The normalized spacial score (nSPS) is 34.7. The summed E-state index contributed by atoms with van der Waals surface area (Å²) in [7, 11) is -2.06. The largest absolute Gasteiger partial charge is 0.355 e. The maximum Gasteiger partial charge on any atom is 0.162 e. The predicted molar refractivity (Wildman–Crippen MR) is 44.2 cm³/mol. The van der Waals surface area contributed by atoms with Gasteiger partial charge in [-0.1, -0.05) is 12.2 Å². The molecule has 0 bridgehead atoms. The molecule has 2 rings (SSSR count). The van der Waals surface area contributed by atoms with Gasteiger partial charge in [0.25, 0.3) is 0 Å². The number of hydrogen-bond donors (Lipinski definition) is 1. The van der Waals surface area contributed by atoms with Gasteiger partial charge in [-0.05, 0) is 0 Å². The molecule has 1 fully saturated rings. The average Bonchev–Trinajstić information content (AvgIpc) is 2.55. The standard InChI is InChI=1S/C7H12NO2P/c9-11(5-1-2-6-11)7-8-3-4-10-7/h1-2,7-8H,3-6H2. The van der Waals surface area contributed by atoms with Crippen LogP contribution in [0.15, 0.2) is 12.2 Å². The molecule has 0 aromatic rings. The molecule has 4 heteroatoms. The van der Waals surface area contributed by atoms with Gasteiger partial charge in [0, 0.05) is 18.9 Å². The van der Waals surface area contributed by atoms with Gasteiger partial charge < -0.3 is 9.30 Å². The van der Waals surface area contributed by atoms with E-state index in [1.807, 2.05) is 12.2 Å². The van der Waals surface area contributed by atoms with Crippen LogP contribution in [0.2, 0.25) is 0 Å². The summed E-state index contributed by atoms with van der Waals surface area (Å²) in [6, 6.07) is 0. The maximum absolute atomic E-state index is 12.0. The van der Waals surface area contributed by atoms with Crippen molar-refractivity contribution in [2.45, 2.75) is 5.97 Å². The molecule has 2 heterocycles. The van der Waals surface area contributed by atoms with Crippen LogP contribution in [0.4, 0.5) is 0 Å². The lowest BCUT2D eigenvalue weighted by molar-refractivity contribution is 0.158. The molecule has 1 unspecified atom stereocenters. The summed E-state index contributed by atoms with van der Waals surface area (Å²) in [5.74, 6) is -0.155. The van der Waals surface area contributed by atoms with Crippen molar-refractivity contribution in [3.8, 4) is 0 Å². The minimum atomic E-state index is -2.06. The maximum atomic E-state index is 12.0. The number of hydrogen-bond acceptors (Lipinski definition) is 3. The zero-order valence-electron chi connectivity index (χ0n) is 6.32. The van der Waals surface area contributed by atoms with E-state index in [2.05, 4.69) is 5.32 Å². The zero-order chi connectivity index (χ0) is 7.73. The predicted octanol–water partition coefficient (Wildman–Crippen LogP) is 0.823. The van der Waals surface area contributed by atoms with Gasteiger partial charge in [0.1, 0.15) is 7.14 Å². The van der Waals surface area contributed by atoms with Crippen molar-refractivity contribution in [2.75, 3.05) is 25.5 Å². The lowest BCUT2D eigenvalue weighted by Gasteiger charge is -2.17. The third-order valence-corrected chi connectivity index (χ3v) is 4.96. The lowest BCUT2D eigenvalue weighted by atomic mass is 10.6. The molecule has 0 aromatic heterocycles. The zero-order valence-corrected chi connectivity index (χ0v) is 7.22. The van der Waals surface area contributed by atoms with Gasteiger partial charge >= 0.3 is 0 Å². The van der Waals surface area contributed by atoms with Crippen LogP contribution in [0.1, 0.15) is 0 Å². The highest BCUT2D eigenvalue weighted by Gasteiger charge is 2.36. The molecule has 0 aromatic carbocycles. The van der Waals surface area contributed by atoms with Crippen LogP contribution in [-0.4, -0.2) is 31.4 Å². The summed E-state index contributed by atoms with van der Waals surface area (Å²) in [5.41, 5.74) is 0. The molecule has 1 atom stereocenters. The minimum absolute atomic E-state index is 0.155. The second-order valence-electron chi connectivity index (χ2n) is 2.97. The molecule has 0 amide bonds. The van der Waals surface area contributed by atoms with E-state index in [4.69, 9.17) is 4.74 Å². The third kappa shape index (κ3) is 1.28. The van der Waals surface area contributed by atoms with E-state index in [1.165, 1.54) is 0 Å². The second-order valence-corrected chi connectivity index (χ2v) is 6.07. The van der Waals surface area contributed by atoms with Crippen LogP contribution in [0.3, 0.4) is 0 Å². The Hall–Kier alpha value is -0.110. The Kier molecular flexibility index (Phi) is 1.88. The first-order chi connectivity index (χ1) is 5.31. The molecule has 0 spiro atoms. The fraction of sp³-hybridized carbons (Fsp3) is 0.714. The molecule has 1 saturated heterocycles. The van der Waals surface area contributed by atoms with Gasteiger partial charge in [-0.2, -0.15) is 0 Å². The first-order valence-electron chi connectivity index (χ1n) is 3.89. The first kappa shape index (κ1) is 7.53. The van der Waals surface area contributed by atoms with Crippen molar-refractivity contribution in [1.82, 2.24) is 5.32 Å². The van der Waals surface area contributed by atoms with Crippen molar-refractivity contribution in [3.63, 3.8) is 0 Å². The van der Waals surface area contributed by atoms with Gasteiger partial charge in [-0.25, -0.2) is 0 Å². The molecule has 2 aliphatic rings. The van der Waals surface area contributed by atoms with E-state index in [-0.39, 0.29) is 5.97 Å². The average molecular weight is 173 g/mol. The fourth-order valence-electron chi connectivity index (χ4n) is 1.49. The molecule has 0 radical (unpaired) electrons. The quantitative estimate of drug-likeness (QED) is 0.471. The van der Waals surface area contributed by atoms with Crippen molar-refractivity contribution >= 4 is 7.14 Å². The van der Waals surface area contributed by atoms with Crippen molar-refractivity contribution < 1.29 is 9.30 Å². The van der Waals surface area contributed by atoms with E-state index < -0.39 is 7.14 Å². The van der Waals surface area contributed by atoms with Crippen LogP contribution < -0.4 is 5.32 Å². The minimum Gasteiger partial charge on any atom is -0.355 e. The highest BCUT2D eigenvalue weighted by molar-refractivity contribution is 7.65. The van der Waals surface area contributed by atoms with Crippen LogP contribution in [-0.2, 0) is 9.30 Å². The van der Waals surface area contributed by atoms with Gasteiger partial charge in [-0.15, -0.1) is 0 Å². The summed E-state index contributed by atoms with van der Waals surface area (Å²) >= 11 is 0. The van der Waals surface area contributed by atoms with Crippen molar-refractivity contribution in [1.29, 1.82) is 0 Å². The smallest absolute Gasteiger partial charge is 0.162 e. The monoisotopic (exact) mass is 173 g/mol. The molecular formula is C7H12NO2P. The van der Waals surface area contributed by atoms with Crippen molar-refractivity contribution in [2.24, 2.45) is 0 Å². The Balaban J connectivity index is 2.08. The third-order valence-electron chi connectivity index (χ3n) is 2.12.